The molecule has 6 N–H and O–H groups in total. The minimum absolute atomic E-state index is 0.342. The number of nitrogens with two attached hydrogens (primary N) is 2. The van der Waals surface area contributed by atoms with Gasteiger partial charge in [0.05, 0.1) is 12.6 Å². The van der Waals surface area contributed by atoms with E-state index in [4.69, 9.17) is 21.7 Å². The Labute approximate surface area is 65.0 Å². The monoisotopic (exact) mass is 162 g/mol. The maximum atomic E-state index is 10.5. The highest BCUT2D eigenvalue weighted by molar-refractivity contribution is 5.81. The number of Topliss-reactive ketones (excluding diaryl/α,β-unsaturated/α-hetero) is 1. The van der Waals surface area contributed by atoms with Crippen LogP contribution < -0.4 is 11.5 Å². The van der Waals surface area contributed by atoms with Gasteiger partial charge in [-0.15, -0.1) is 0 Å². The highest BCUT2D eigenvalue weighted by atomic mass is 16.3. The SMILES string of the molecule is CC(=O)[C@@H](O)C(N)C(N)CO. The van der Waals surface area contributed by atoms with Crippen molar-refractivity contribution in [3.63, 3.8) is 0 Å². The van der Waals surface area contributed by atoms with E-state index in [0.717, 1.165) is 0 Å². The second kappa shape index (κ2) is 4.40. The molecule has 0 aromatic heterocycles. The Morgan fingerprint density at radius 3 is 2.27 bits per heavy atom. The fourth-order valence-corrected chi connectivity index (χ4v) is 0.627. The average molecular weight is 162 g/mol. The zero-order valence-corrected chi connectivity index (χ0v) is 6.40. The van der Waals surface area contributed by atoms with E-state index in [-0.39, 0.29) is 6.61 Å². The fourth-order valence-electron chi connectivity index (χ4n) is 0.627. The van der Waals surface area contributed by atoms with E-state index in [1.165, 1.54) is 6.92 Å². The summed E-state index contributed by atoms with van der Waals surface area (Å²) in [6.07, 6.45) is -1.28. The molecule has 0 aliphatic rings. The van der Waals surface area contributed by atoms with Crippen molar-refractivity contribution in [3.05, 3.63) is 0 Å². The number of carbonyl (C=O) groups excluding carboxylic acids is 1. The number of hydrogen-bond donors (Lipinski definition) is 4. The van der Waals surface area contributed by atoms with Crippen molar-refractivity contribution in [3.8, 4) is 0 Å². The molecule has 66 valence electrons. The Kier molecular flexibility index (Phi) is 4.20. The summed E-state index contributed by atoms with van der Waals surface area (Å²) in [5.74, 6) is -0.443. The van der Waals surface area contributed by atoms with E-state index in [9.17, 15) is 4.79 Å². The smallest absolute Gasteiger partial charge is 0.159 e. The van der Waals surface area contributed by atoms with Crippen LogP contribution >= 0.6 is 0 Å². The zero-order valence-electron chi connectivity index (χ0n) is 6.40. The number of rotatable bonds is 4. The number of aliphatic hydroxyl groups excluding tert-OH is 2. The van der Waals surface area contributed by atoms with Crippen molar-refractivity contribution in [1.82, 2.24) is 0 Å². The van der Waals surface area contributed by atoms with Crippen LogP contribution in [0.2, 0.25) is 0 Å². The third-order valence-electron chi connectivity index (χ3n) is 1.49. The maximum absolute atomic E-state index is 10.5. The van der Waals surface area contributed by atoms with Gasteiger partial charge in [-0.2, -0.15) is 0 Å². The van der Waals surface area contributed by atoms with E-state index in [1.807, 2.05) is 0 Å². The molecule has 5 nitrogen and oxygen atoms in total. The largest absolute Gasteiger partial charge is 0.395 e. The van der Waals surface area contributed by atoms with Crippen LogP contribution in [0.25, 0.3) is 0 Å². The van der Waals surface area contributed by atoms with E-state index in [1.54, 1.807) is 0 Å². The normalized spacial score (nSPS) is 19.0. The van der Waals surface area contributed by atoms with Crippen LogP contribution in [0.15, 0.2) is 0 Å². The van der Waals surface area contributed by atoms with Gasteiger partial charge in [0.2, 0.25) is 0 Å². The lowest BCUT2D eigenvalue weighted by atomic mass is 10.0. The summed E-state index contributed by atoms with van der Waals surface area (Å²) in [6, 6.07) is -1.65. The molecule has 5 heteroatoms. The first-order chi connectivity index (χ1) is 5.00. The quantitative estimate of drug-likeness (QED) is 0.368. The van der Waals surface area contributed by atoms with Crippen molar-refractivity contribution in [1.29, 1.82) is 0 Å². The minimum atomic E-state index is -1.28. The number of hydrogen-bond acceptors (Lipinski definition) is 5. The van der Waals surface area contributed by atoms with Crippen molar-refractivity contribution in [2.45, 2.75) is 25.1 Å². The molecule has 0 spiro atoms. The van der Waals surface area contributed by atoms with Crippen LogP contribution in [0, 0.1) is 0 Å². The molecule has 0 fully saturated rings. The Balaban J connectivity index is 4.00. The first-order valence-corrected chi connectivity index (χ1v) is 3.31. The molecule has 0 bridgehead atoms. The summed E-state index contributed by atoms with van der Waals surface area (Å²) in [5, 5.41) is 17.5. The van der Waals surface area contributed by atoms with Gasteiger partial charge >= 0.3 is 0 Å². The van der Waals surface area contributed by atoms with Crippen LogP contribution in [-0.4, -0.2) is 40.8 Å². The van der Waals surface area contributed by atoms with E-state index in [2.05, 4.69) is 0 Å². The van der Waals surface area contributed by atoms with Crippen LogP contribution in [-0.2, 0) is 4.79 Å². The van der Waals surface area contributed by atoms with Gasteiger partial charge in [0, 0.05) is 6.04 Å². The Morgan fingerprint density at radius 1 is 1.55 bits per heavy atom. The number of aliphatic hydroxyl groups is 2. The average Bonchev–Trinajstić information content (AvgIpc) is 2.00. The van der Waals surface area contributed by atoms with Gasteiger partial charge in [-0.25, -0.2) is 0 Å². The van der Waals surface area contributed by atoms with Crippen molar-refractivity contribution in [2.75, 3.05) is 6.61 Å². The lowest BCUT2D eigenvalue weighted by Gasteiger charge is -2.20. The van der Waals surface area contributed by atoms with Gasteiger partial charge in [-0.05, 0) is 6.92 Å². The molecule has 0 saturated carbocycles. The summed E-state index contributed by atoms with van der Waals surface area (Å²) < 4.78 is 0. The molecule has 3 atom stereocenters. The number of carbonyl (C=O) groups is 1. The van der Waals surface area contributed by atoms with Crippen LogP contribution in [0.1, 0.15) is 6.92 Å². The lowest BCUT2D eigenvalue weighted by Crippen LogP contribution is -2.53. The molecule has 0 aliphatic carbocycles. The highest BCUT2D eigenvalue weighted by Crippen LogP contribution is 1.95. The second-order valence-corrected chi connectivity index (χ2v) is 2.48. The first-order valence-electron chi connectivity index (χ1n) is 3.31. The topological polar surface area (TPSA) is 110 Å². The molecule has 0 rings (SSSR count). The molecular formula is C6H14N2O3. The first kappa shape index (κ1) is 10.5. The standard InChI is InChI=1S/C6H14N2O3/c1-3(10)6(11)5(8)4(7)2-9/h4-6,9,11H,2,7-8H2,1H3/t4?,5?,6-/m1/s1. The van der Waals surface area contributed by atoms with Gasteiger partial charge in [0.15, 0.2) is 5.78 Å². The summed E-state index contributed by atoms with van der Waals surface area (Å²) >= 11 is 0. The van der Waals surface area contributed by atoms with E-state index < -0.39 is 24.0 Å². The highest BCUT2D eigenvalue weighted by Gasteiger charge is 2.24. The predicted octanol–water partition coefficient (Wildman–Crippen LogP) is -2.42. The van der Waals surface area contributed by atoms with Crippen molar-refractivity contribution < 1.29 is 15.0 Å². The summed E-state index contributed by atoms with van der Waals surface area (Å²) in [5.41, 5.74) is 10.6. The molecule has 2 unspecified atom stereocenters. The van der Waals surface area contributed by atoms with Crippen LogP contribution in [0.4, 0.5) is 0 Å². The maximum Gasteiger partial charge on any atom is 0.159 e. The molecule has 0 radical (unpaired) electrons. The van der Waals surface area contributed by atoms with Gasteiger partial charge in [0.25, 0.3) is 0 Å². The fraction of sp³-hybridized carbons (Fsp3) is 0.833. The molecule has 0 aromatic rings. The minimum Gasteiger partial charge on any atom is -0.395 e. The Morgan fingerprint density at radius 2 is 2.00 bits per heavy atom. The van der Waals surface area contributed by atoms with Gasteiger partial charge in [0.1, 0.15) is 6.10 Å². The van der Waals surface area contributed by atoms with E-state index >= 15 is 0 Å². The Bertz CT molecular complexity index is 140. The molecule has 0 aliphatic heterocycles. The summed E-state index contributed by atoms with van der Waals surface area (Å²) in [7, 11) is 0. The molecule has 0 aromatic carbocycles. The Hall–Kier alpha value is -0.490. The zero-order chi connectivity index (χ0) is 9.02. The molecule has 0 amide bonds. The summed E-state index contributed by atoms with van der Waals surface area (Å²) in [4.78, 5) is 10.5. The third kappa shape index (κ3) is 2.94. The summed E-state index contributed by atoms with van der Waals surface area (Å²) in [6.45, 7) is 0.875. The van der Waals surface area contributed by atoms with E-state index in [0.29, 0.717) is 0 Å². The number of ketones is 1. The second-order valence-electron chi connectivity index (χ2n) is 2.48. The third-order valence-corrected chi connectivity index (χ3v) is 1.49. The van der Waals surface area contributed by atoms with Gasteiger partial charge in [-0.3, -0.25) is 4.79 Å². The molecular weight excluding hydrogens is 148 g/mol. The van der Waals surface area contributed by atoms with Crippen molar-refractivity contribution >= 4 is 5.78 Å². The van der Waals surface area contributed by atoms with Crippen LogP contribution in [0.3, 0.4) is 0 Å². The molecule has 0 saturated heterocycles. The van der Waals surface area contributed by atoms with Gasteiger partial charge in [-0.1, -0.05) is 0 Å². The lowest BCUT2D eigenvalue weighted by molar-refractivity contribution is -0.126. The predicted molar refractivity (Wildman–Crippen MR) is 39.7 cm³/mol. The van der Waals surface area contributed by atoms with Crippen molar-refractivity contribution in [2.24, 2.45) is 11.5 Å². The van der Waals surface area contributed by atoms with Crippen LogP contribution in [0.5, 0.6) is 0 Å². The van der Waals surface area contributed by atoms with Gasteiger partial charge < -0.3 is 21.7 Å². The molecule has 0 heterocycles. The molecule has 11 heavy (non-hydrogen) atoms.